The summed E-state index contributed by atoms with van der Waals surface area (Å²) < 4.78 is 0. The van der Waals surface area contributed by atoms with E-state index < -0.39 is 0 Å². The van der Waals surface area contributed by atoms with Gasteiger partial charge in [0.2, 0.25) is 0 Å². The van der Waals surface area contributed by atoms with Crippen molar-refractivity contribution in [3.8, 4) is 11.1 Å². The SMILES string of the molecule is CN(C)c1cccc(-c2ccccc2)c1N. The molecule has 16 heavy (non-hydrogen) atoms. The van der Waals surface area contributed by atoms with Crippen LogP contribution in [0.5, 0.6) is 0 Å². The van der Waals surface area contributed by atoms with Crippen molar-refractivity contribution < 1.29 is 0 Å². The van der Waals surface area contributed by atoms with Gasteiger partial charge in [-0.3, -0.25) is 0 Å². The molecule has 0 fully saturated rings. The molecular formula is C14H16N2. The highest BCUT2D eigenvalue weighted by Gasteiger charge is 2.07. The van der Waals surface area contributed by atoms with E-state index in [1.165, 1.54) is 0 Å². The molecule has 2 aromatic rings. The van der Waals surface area contributed by atoms with Gasteiger partial charge >= 0.3 is 0 Å². The van der Waals surface area contributed by atoms with E-state index in [9.17, 15) is 0 Å². The van der Waals surface area contributed by atoms with E-state index in [4.69, 9.17) is 5.73 Å². The molecule has 82 valence electrons. The summed E-state index contributed by atoms with van der Waals surface area (Å²) in [5.74, 6) is 0. The number of anilines is 2. The molecule has 0 amide bonds. The quantitative estimate of drug-likeness (QED) is 0.775. The van der Waals surface area contributed by atoms with Gasteiger partial charge in [0.05, 0.1) is 11.4 Å². The van der Waals surface area contributed by atoms with Gasteiger partial charge < -0.3 is 10.6 Å². The third kappa shape index (κ3) is 1.87. The largest absolute Gasteiger partial charge is 0.397 e. The van der Waals surface area contributed by atoms with Crippen LogP contribution in [0.15, 0.2) is 48.5 Å². The number of nitrogens with zero attached hydrogens (tertiary/aromatic N) is 1. The predicted molar refractivity (Wildman–Crippen MR) is 70.6 cm³/mol. The first-order chi connectivity index (χ1) is 7.70. The molecule has 0 aliphatic rings. The number of para-hydroxylation sites is 1. The molecule has 0 bridgehead atoms. The maximum Gasteiger partial charge on any atom is 0.0631 e. The second kappa shape index (κ2) is 4.27. The zero-order valence-electron chi connectivity index (χ0n) is 9.64. The third-order valence-electron chi connectivity index (χ3n) is 2.65. The first-order valence-corrected chi connectivity index (χ1v) is 5.31. The molecular weight excluding hydrogens is 196 g/mol. The molecule has 0 spiro atoms. The van der Waals surface area contributed by atoms with E-state index in [1.807, 2.05) is 49.3 Å². The lowest BCUT2D eigenvalue weighted by Crippen LogP contribution is -2.11. The van der Waals surface area contributed by atoms with Crippen molar-refractivity contribution >= 4 is 11.4 Å². The smallest absolute Gasteiger partial charge is 0.0631 e. The monoisotopic (exact) mass is 212 g/mol. The second-order valence-electron chi connectivity index (χ2n) is 4.00. The standard InChI is InChI=1S/C14H16N2/c1-16(2)13-10-6-9-12(14(13)15)11-7-4-3-5-8-11/h3-10H,15H2,1-2H3. The Morgan fingerprint density at radius 1 is 0.875 bits per heavy atom. The minimum Gasteiger partial charge on any atom is -0.397 e. The van der Waals surface area contributed by atoms with Crippen LogP contribution in [0.25, 0.3) is 11.1 Å². The van der Waals surface area contributed by atoms with Crippen LogP contribution in [0.3, 0.4) is 0 Å². The van der Waals surface area contributed by atoms with Crippen LogP contribution in [0.2, 0.25) is 0 Å². The molecule has 0 unspecified atom stereocenters. The van der Waals surface area contributed by atoms with Crippen molar-refractivity contribution in [1.82, 2.24) is 0 Å². The molecule has 0 saturated heterocycles. The number of rotatable bonds is 2. The van der Waals surface area contributed by atoms with Gasteiger partial charge in [-0.2, -0.15) is 0 Å². The molecule has 2 heteroatoms. The average molecular weight is 212 g/mol. The van der Waals surface area contributed by atoms with Crippen molar-refractivity contribution in [3.05, 3.63) is 48.5 Å². The van der Waals surface area contributed by atoms with E-state index >= 15 is 0 Å². The lowest BCUT2D eigenvalue weighted by molar-refractivity contribution is 1.13. The van der Waals surface area contributed by atoms with Crippen molar-refractivity contribution in [3.63, 3.8) is 0 Å². The highest BCUT2D eigenvalue weighted by molar-refractivity contribution is 5.85. The van der Waals surface area contributed by atoms with E-state index in [0.29, 0.717) is 0 Å². The van der Waals surface area contributed by atoms with Crippen molar-refractivity contribution in [2.24, 2.45) is 0 Å². The van der Waals surface area contributed by atoms with Gasteiger partial charge in [-0.1, -0.05) is 42.5 Å². The van der Waals surface area contributed by atoms with Gasteiger partial charge in [-0.25, -0.2) is 0 Å². The summed E-state index contributed by atoms with van der Waals surface area (Å²) in [6, 6.07) is 16.3. The molecule has 2 rings (SSSR count). The fourth-order valence-electron chi connectivity index (χ4n) is 1.81. The van der Waals surface area contributed by atoms with Crippen LogP contribution in [0.1, 0.15) is 0 Å². The number of hydrogen-bond donors (Lipinski definition) is 1. The summed E-state index contributed by atoms with van der Waals surface area (Å²) in [4.78, 5) is 2.03. The van der Waals surface area contributed by atoms with Gasteiger partial charge in [-0.05, 0) is 11.6 Å². The Hall–Kier alpha value is -1.96. The highest BCUT2D eigenvalue weighted by Crippen LogP contribution is 2.32. The number of hydrogen-bond acceptors (Lipinski definition) is 2. The normalized spacial score (nSPS) is 10.1. The maximum atomic E-state index is 6.17. The van der Waals surface area contributed by atoms with E-state index in [0.717, 1.165) is 22.5 Å². The van der Waals surface area contributed by atoms with Gasteiger partial charge in [0, 0.05) is 19.7 Å². The maximum absolute atomic E-state index is 6.17. The van der Waals surface area contributed by atoms with Crippen molar-refractivity contribution in [1.29, 1.82) is 0 Å². The minimum absolute atomic E-state index is 0.832. The molecule has 2 nitrogen and oxygen atoms in total. The molecule has 0 aliphatic carbocycles. The Morgan fingerprint density at radius 3 is 2.19 bits per heavy atom. The van der Waals surface area contributed by atoms with Gasteiger partial charge in [0.15, 0.2) is 0 Å². The zero-order chi connectivity index (χ0) is 11.5. The molecule has 0 heterocycles. The number of nitrogen functional groups attached to an aromatic ring is 1. The fourth-order valence-corrected chi connectivity index (χ4v) is 1.81. The Kier molecular flexibility index (Phi) is 2.82. The molecule has 0 aromatic heterocycles. The lowest BCUT2D eigenvalue weighted by Gasteiger charge is -2.17. The Labute approximate surface area is 96.3 Å². The zero-order valence-corrected chi connectivity index (χ0v) is 9.64. The first-order valence-electron chi connectivity index (χ1n) is 5.31. The second-order valence-corrected chi connectivity index (χ2v) is 4.00. The van der Waals surface area contributed by atoms with E-state index in [-0.39, 0.29) is 0 Å². The molecule has 0 saturated carbocycles. The van der Waals surface area contributed by atoms with Crippen molar-refractivity contribution in [2.45, 2.75) is 0 Å². The topological polar surface area (TPSA) is 29.3 Å². The van der Waals surface area contributed by atoms with Crippen LogP contribution in [-0.2, 0) is 0 Å². The first kappa shape index (κ1) is 10.6. The molecule has 0 aliphatic heterocycles. The van der Waals surface area contributed by atoms with Crippen LogP contribution in [0.4, 0.5) is 11.4 Å². The van der Waals surface area contributed by atoms with E-state index in [2.05, 4.69) is 18.2 Å². The average Bonchev–Trinajstić information content (AvgIpc) is 2.30. The Morgan fingerprint density at radius 2 is 1.56 bits per heavy atom. The summed E-state index contributed by atoms with van der Waals surface area (Å²) >= 11 is 0. The van der Waals surface area contributed by atoms with Gasteiger partial charge in [0.1, 0.15) is 0 Å². The fraction of sp³-hybridized carbons (Fsp3) is 0.143. The summed E-state index contributed by atoms with van der Waals surface area (Å²) in [6.07, 6.45) is 0. The molecule has 2 N–H and O–H groups in total. The van der Waals surface area contributed by atoms with Crippen LogP contribution in [0, 0.1) is 0 Å². The predicted octanol–water partition coefficient (Wildman–Crippen LogP) is 3.00. The Balaban J connectivity index is 2.55. The summed E-state index contributed by atoms with van der Waals surface area (Å²) in [5, 5.41) is 0. The van der Waals surface area contributed by atoms with Crippen LogP contribution >= 0.6 is 0 Å². The Bertz CT molecular complexity index is 475. The number of nitrogens with two attached hydrogens (primary N) is 1. The summed E-state index contributed by atoms with van der Waals surface area (Å²) in [5.41, 5.74) is 10.3. The molecule has 0 atom stereocenters. The molecule has 0 radical (unpaired) electrons. The lowest BCUT2D eigenvalue weighted by atomic mass is 10.0. The summed E-state index contributed by atoms with van der Waals surface area (Å²) in [6.45, 7) is 0. The minimum atomic E-state index is 0.832. The van der Waals surface area contributed by atoms with Crippen molar-refractivity contribution in [2.75, 3.05) is 24.7 Å². The van der Waals surface area contributed by atoms with E-state index in [1.54, 1.807) is 0 Å². The highest BCUT2D eigenvalue weighted by atomic mass is 15.1. The number of benzene rings is 2. The van der Waals surface area contributed by atoms with Crippen LogP contribution < -0.4 is 10.6 Å². The van der Waals surface area contributed by atoms with Gasteiger partial charge in [-0.15, -0.1) is 0 Å². The van der Waals surface area contributed by atoms with Gasteiger partial charge in [0.25, 0.3) is 0 Å². The van der Waals surface area contributed by atoms with Crippen LogP contribution in [-0.4, -0.2) is 14.1 Å². The molecule has 2 aromatic carbocycles. The summed E-state index contributed by atoms with van der Waals surface area (Å²) in [7, 11) is 4.00. The third-order valence-corrected chi connectivity index (χ3v) is 2.65.